The number of nitrogens with two attached hydrogens (primary N) is 3. The minimum Gasteiger partial charge on any atom is -0.480 e. The molecular weight excluding hydrogens is 539 g/mol. The zero-order valence-electron chi connectivity index (χ0n) is 24.9. The van der Waals surface area contributed by atoms with E-state index in [2.05, 4.69) is 23.4 Å². The zero-order chi connectivity index (χ0) is 30.7. The van der Waals surface area contributed by atoms with E-state index in [1.54, 1.807) is 0 Å². The van der Waals surface area contributed by atoms with Crippen molar-refractivity contribution in [3.63, 3.8) is 0 Å². The molecule has 0 aliphatic rings. The molecule has 1 unspecified atom stereocenters. The number of aliphatic imine (C=N–C) groups is 1. The lowest BCUT2D eigenvalue weighted by Gasteiger charge is -2.12. The first-order valence-corrected chi connectivity index (χ1v) is 16.4. The summed E-state index contributed by atoms with van der Waals surface area (Å²) in [5.41, 5.74) is 15.3. The molecule has 0 amide bonds. The summed E-state index contributed by atoms with van der Waals surface area (Å²) in [4.78, 5) is 31.0. The number of aliphatic hydroxyl groups is 1. The van der Waals surface area contributed by atoms with Crippen molar-refractivity contribution >= 4 is 19.8 Å². The number of phosphoric ester groups is 1. The largest absolute Gasteiger partial charge is 0.480 e. The van der Waals surface area contributed by atoms with E-state index in [0.717, 1.165) is 18.8 Å². The summed E-state index contributed by atoms with van der Waals surface area (Å²) in [6.45, 7) is 5.21. The molecule has 0 aromatic heterocycles. The number of rotatable bonds is 26. The minimum absolute atomic E-state index is 0.0129. The van der Waals surface area contributed by atoms with Crippen molar-refractivity contribution in [3.05, 3.63) is 0 Å². The number of guanidine groups is 1. The third kappa shape index (κ3) is 36.7. The lowest BCUT2D eigenvalue weighted by Crippen LogP contribution is -2.30. The van der Waals surface area contributed by atoms with E-state index in [1.165, 1.54) is 77.0 Å². The Morgan fingerprint density at radius 2 is 1.27 bits per heavy atom. The Kier molecular flexibility index (Phi) is 28.5. The van der Waals surface area contributed by atoms with Crippen LogP contribution in [0.15, 0.2) is 4.99 Å². The molecular formula is C27H59N4O8P. The van der Waals surface area contributed by atoms with Crippen molar-refractivity contribution in [1.82, 2.24) is 0 Å². The van der Waals surface area contributed by atoms with Gasteiger partial charge in [0.25, 0.3) is 0 Å². The molecule has 0 saturated carbocycles. The summed E-state index contributed by atoms with van der Waals surface area (Å²) in [6, 6.07) is -0.820. The van der Waals surface area contributed by atoms with Crippen LogP contribution in [0.3, 0.4) is 0 Å². The fraction of sp³-hybridized carbons (Fsp3) is 0.926. The molecule has 0 saturated heterocycles. The average molecular weight is 599 g/mol. The van der Waals surface area contributed by atoms with E-state index >= 15 is 0 Å². The second-order valence-corrected chi connectivity index (χ2v) is 11.9. The molecule has 10 N–H and O–H groups in total. The van der Waals surface area contributed by atoms with Gasteiger partial charge in [0.15, 0.2) is 5.96 Å². The Bertz CT molecular complexity index is 660. The lowest BCUT2D eigenvalue weighted by molar-refractivity contribution is -0.138. The summed E-state index contributed by atoms with van der Waals surface area (Å²) in [6.07, 6.45) is 18.3. The van der Waals surface area contributed by atoms with Gasteiger partial charge in [-0.25, -0.2) is 4.57 Å². The maximum Gasteiger partial charge on any atom is 0.469 e. The smallest absolute Gasteiger partial charge is 0.469 e. The Labute approximate surface area is 241 Å². The van der Waals surface area contributed by atoms with Crippen LogP contribution in [-0.2, 0) is 18.6 Å². The quantitative estimate of drug-likeness (QED) is 0.0325. The molecule has 0 fully saturated rings. The summed E-state index contributed by atoms with van der Waals surface area (Å²) in [7, 11) is -4.51. The number of carbonyl (C=O) groups is 1. The molecule has 0 aromatic rings. The molecule has 0 bridgehead atoms. The van der Waals surface area contributed by atoms with E-state index in [1.807, 2.05) is 0 Å². The predicted molar refractivity (Wildman–Crippen MR) is 160 cm³/mol. The first-order chi connectivity index (χ1) is 18.8. The zero-order valence-corrected chi connectivity index (χ0v) is 25.8. The van der Waals surface area contributed by atoms with E-state index in [0.29, 0.717) is 26.0 Å². The molecule has 0 heterocycles. The first-order valence-electron chi connectivity index (χ1n) is 14.8. The van der Waals surface area contributed by atoms with Gasteiger partial charge in [-0.2, -0.15) is 0 Å². The van der Waals surface area contributed by atoms with Crippen LogP contribution in [0.4, 0.5) is 0 Å². The number of unbranched alkanes of at least 4 members (excludes halogenated alkanes) is 12. The third-order valence-corrected chi connectivity index (χ3v) is 6.59. The molecule has 2 atom stereocenters. The van der Waals surface area contributed by atoms with Crippen LogP contribution >= 0.6 is 7.82 Å². The number of ether oxygens (including phenoxy) is 1. The van der Waals surface area contributed by atoms with Gasteiger partial charge in [0.1, 0.15) is 12.1 Å². The van der Waals surface area contributed by atoms with Crippen molar-refractivity contribution in [2.75, 3.05) is 26.4 Å². The van der Waals surface area contributed by atoms with Gasteiger partial charge in [-0.1, -0.05) is 97.3 Å². The number of carboxylic acids is 1. The van der Waals surface area contributed by atoms with Crippen LogP contribution in [0.2, 0.25) is 0 Å². The topological polar surface area (TPSA) is 224 Å². The van der Waals surface area contributed by atoms with Crippen molar-refractivity contribution in [1.29, 1.82) is 0 Å². The molecule has 0 radical (unpaired) electrons. The fourth-order valence-corrected chi connectivity index (χ4v) is 4.16. The van der Waals surface area contributed by atoms with Gasteiger partial charge < -0.3 is 41.9 Å². The minimum atomic E-state index is -4.51. The highest BCUT2D eigenvalue weighted by Crippen LogP contribution is 2.35. The normalized spacial score (nSPS) is 13.0. The van der Waals surface area contributed by atoms with E-state index in [9.17, 15) is 14.5 Å². The Hall–Kier alpha value is -1.27. The maximum atomic E-state index is 10.5. The first kappa shape index (κ1) is 40.9. The molecule has 12 nitrogen and oxygen atoms in total. The lowest BCUT2D eigenvalue weighted by atomic mass is 10.0. The Balaban J connectivity index is 0. The van der Waals surface area contributed by atoms with Crippen LogP contribution < -0.4 is 17.2 Å². The van der Waals surface area contributed by atoms with Gasteiger partial charge in [0, 0.05) is 13.2 Å². The van der Waals surface area contributed by atoms with Crippen molar-refractivity contribution in [2.24, 2.45) is 28.1 Å². The van der Waals surface area contributed by atoms with E-state index in [-0.39, 0.29) is 12.6 Å². The number of phosphoric acid groups is 1. The van der Waals surface area contributed by atoms with Gasteiger partial charge in [0.05, 0.1) is 13.2 Å². The molecule has 0 aliphatic heterocycles. The summed E-state index contributed by atoms with van der Waals surface area (Å²) >= 11 is 0. The second-order valence-electron chi connectivity index (χ2n) is 10.7. The Morgan fingerprint density at radius 1 is 0.800 bits per heavy atom. The van der Waals surface area contributed by atoms with Crippen molar-refractivity contribution in [3.8, 4) is 0 Å². The predicted octanol–water partition coefficient (Wildman–Crippen LogP) is 4.04. The highest BCUT2D eigenvalue weighted by atomic mass is 31.2. The molecule has 40 heavy (non-hydrogen) atoms. The van der Waals surface area contributed by atoms with Crippen molar-refractivity contribution in [2.45, 2.75) is 129 Å². The monoisotopic (exact) mass is 598 g/mol. The summed E-state index contributed by atoms with van der Waals surface area (Å²) < 4.78 is 20.0. The standard InChI is InChI=1S/C21H45O6P.C6H14N4O2/c1-20(2)16-14-12-10-8-6-4-3-5-7-9-11-13-15-17-26-18-21(22)19-27-28(23,24)25;7-4(5(11)12)2-1-3-10-6(8)9/h20-22H,3-19H2,1-2H3,(H2,23,24,25);4H,1-3,7H2,(H,11,12)(H4,8,9,10)/t;4-/m.0/s1. The van der Waals surface area contributed by atoms with Gasteiger partial charge >= 0.3 is 13.8 Å². The Morgan fingerprint density at radius 3 is 1.70 bits per heavy atom. The van der Waals surface area contributed by atoms with E-state index < -0.39 is 32.5 Å². The molecule has 0 aliphatic carbocycles. The summed E-state index contributed by atoms with van der Waals surface area (Å²) in [5.74, 6) is -0.137. The number of hydrogen-bond acceptors (Lipinski definition) is 7. The van der Waals surface area contributed by atoms with Crippen LogP contribution in [0, 0.1) is 5.92 Å². The molecule has 0 aromatic carbocycles. The molecule has 0 rings (SSSR count). The van der Waals surface area contributed by atoms with Crippen molar-refractivity contribution < 1.29 is 38.6 Å². The highest BCUT2D eigenvalue weighted by Gasteiger charge is 2.16. The third-order valence-electron chi connectivity index (χ3n) is 6.10. The van der Waals surface area contributed by atoms with Crippen LogP contribution in [0.1, 0.15) is 117 Å². The van der Waals surface area contributed by atoms with Crippen LogP contribution in [-0.4, -0.2) is 70.4 Å². The molecule has 240 valence electrons. The highest BCUT2D eigenvalue weighted by molar-refractivity contribution is 7.46. The second kappa shape index (κ2) is 27.9. The summed E-state index contributed by atoms with van der Waals surface area (Å²) in [5, 5.41) is 17.8. The average Bonchev–Trinajstić information content (AvgIpc) is 2.86. The number of aliphatic hydroxyl groups excluding tert-OH is 1. The maximum absolute atomic E-state index is 10.5. The van der Waals surface area contributed by atoms with Crippen LogP contribution in [0.5, 0.6) is 0 Å². The van der Waals surface area contributed by atoms with Crippen LogP contribution in [0.25, 0.3) is 0 Å². The number of aliphatic carboxylic acids is 1. The molecule has 13 heteroatoms. The van der Waals surface area contributed by atoms with Gasteiger partial charge in [-0.15, -0.1) is 0 Å². The van der Waals surface area contributed by atoms with Gasteiger partial charge in [-0.05, 0) is 25.2 Å². The fourth-order valence-electron chi connectivity index (χ4n) is 3.79. The van der Waals surface area contributed by atoms with E-state index in [4.69, 9.17) is 36.8 Å². The number of nitrogens with zero attached hydrogens (tertiary/aromatic N) is 1. The number of hydrogen-bond donors (Lipinski definition) is 7. The SMILES string of the molecule is CC(C)CCCCCCCCCCCCCCCOCC(O)COP(=O)(O)O.NC(N)=NCCC[C@H](N)C(=O)O. The van der Waals surface area contributed by atoms with Gasteiger partial charge in [0.2, 0.25) is 0 Å². The molecule has 0 spiro atoms. The number of carboxylic acid groups (broad SMARTS) is 1. The van der Waals surface area contributed by atoms with Gasteiger partial charge in [-0.3, -0.25) is 14.3 Å².